The summed E-state index contributed by atoms with van der Waals surface area (Å²) in [5.41, 5.74) is 0.856. The number of amides is 1. The fourth-order valence-corrected chi connectivity index (χ4v) is 2.66. The molecule has 1 fully saturated rings. The minimum atomic E-state index is -0.140. The molecule has 1 aliphatic heterocycles. The summed E-state index contributed by atoms with van der Waals surface area (Å²) < 4.78 is 5.38. The van der Waals surface area contributed by atoms with Crippen molar-refractivity contribution in [2.75, 3.05) is 25.6 Å². The van der Waals surface area contributed by atoms with E-state index in [0.717, 1.165) is 16.5 Å². The molecule has 1 saturated heterocycles. The summed E-state index contributed by atoms with van der Waals surface area (Å²) in [5.74, 6) is -0.128. The first-order valence-electron chi connectivity index (χ1n) is 6.83. The van der Waals surface area contributed by atoms with Crippen LogP contribution in [0.1, 0.15) is 0 Å². The first-order valence-corrected chi connectivity index (χ1v) is 6.83. The average molecular weight is 270 g/mol. The molecule has 2 atom stereocenters. The van der Waals surface area contributed by atoms with Crippen LogP contribution in [0.5, 0.6) is 0 Å². The van der Waals surface area contributed by atoms with Gasteiger partial charge in [-0.05, 0) is 18.5 Å². The number of carbonyl (C=O) groups is 1. The van der Waals surface area contributed by atoms with Crippen molar-refractivity contribution in [3.63, 3.8) is 0 Å². The van der Waals surface area contributed by atoms with Crippen molar-refractivity contribution in [2.45, 2.75) is 6.04 Å². The highest BCUT2D eigenvalue weighted by molar-refractivity contribution is 6.03. The highest BCUT2D eigenvalue weighted by Gasteiger charge is 2.33. The minimum absolute atomic E-state index is 0.0122. The largest absolute Gasteiger partial charge is 0.379 e. The Morgan fingerprint density at radius 1 is 1.15 bits per heavy atom. The van der Waals surface area contributed by atoms with Crippen molar-refractivity contribution < 1.29 is 9.53 Å². The average Bonchev–Trinajstić information content (AvgIpc) is 2.96. The standard InChI is InChI=1S/C16H18N2O2/c1-17-15-10-20-9-13(15)16(19)18-14-8-4-6-11-5-2-3-7-12(11)14/h2-8,13,15,17H,9-10H2,1H3,(H,18,19). The molecule has 2 aromatic rings. The molecule has 0 aliphatic carbocycles. The van der Waals surface area contributed by atoms with Crippen molar-refractivity contribution >= 4 is 22.4 Å². The van der Waals surface area contributed by atoms with Crippen LogP contribution in [0.3, 0.4) is 0 Å². The van der Waals surface area contributed by atoms with Gasteiger partial charge >= 0.3 is 0 Å². The molecule has 0 spiro atoms. The minimum Gasteiger partial charge on any atom is -0.379 e. The third kappa shape index (κ3) is 2.40. The van der Waals surface area contributed by atoms with E-state index in [4.69, 9.17) is 4.74 Å². The summed E-state index contributed by atoms with van der Waals surface area (Å²) in [6, 6.07) is 14.1. The molecule has 0 bridgehead atoms. The fraction of sp³-hybridized carbons (Fsp3) is 0.312. The number of anilines is 1. The van der Waals surface area contributed by atoms with Gasteiger partial charge in [-0.1, -0.05) is 36.4 Å². The Morgan fingerprint density at radius 2 is 1.95 bits per heavy atom. The van der Waals surface area contributed by atoms with Gasteiger partial charge in [0.25, 0.3) is 0 Å². The van der Waals surface area contributed by atoms with Crippen LogP contribution in [-0.2, 0) is 9.53 Å². The van der Waals surface area contributed by atoms with Crippen LogP contribution in [0.2, 0.25) is 0 Å². The van der Waals surface area contributed by atoms with Gasteiger partial charge in [0.1, 0.15) is 0 Å². The van der Waals surface area contributed by atoms with Crippen LogP contribution < -0.4 is 10.6 Å². The number of hydrogen-bond acceptors (Lipinski definition) is 3. The number of ether oxygens (including phenoxy) is 1. The predicted octanol–water partition coefficient (Wildman–Crippen LogP) is 2.01. The number of likely N-dealkylation sites (N-methyl/N-ethyl adjacent to an activating group) is 1. The van der Waals surface area contributed by atoms with Gasteiger partial charge in [-0.15, -0.1) is 0 Å². The van der Waals surface area contributed by atoms with Crippen LogP contribution in [0.15, 0.2) is 42.5 Å². The zero-order chi connectivity index (χ0) is 13.9. The van der Waals surface area contributed by atoms with Crippen molar-refractivity contribution in [3.8, 4) is 0 Å². The smallest absolute Gasteiger partial charge is 0.231 e. The van der Waals surface area contributed by atoms with Crippen molar-refractivity contribution in [1.82, 2.24) is 5.32 Å². The maximum Gasteiger partial charge on any atom is 0.231 e. The van der Waals surface area contributed by atoms with E-state index in [1.165, 1.54) is 0 Å². The molecule has 2 unspecified atom stereocenters. The molecular formula is C16H18N2O2. The van der Waals surface area contributed by atoms with Gasteiger partial charge in [0.15, 0.2) is 0 Å². The van der Waals surface area contributed by atoms with Crippen LogP contribution >= 0.6 is 0 Å². The monoisotopic (exact) mass is 270 g/mol. The maximum atomic E-state index is 12.4. The van der Waals surface area contributed by atoms with E-state index in [0.29, 0.717) is 13.2 Å². The van der Waals surface area contributed by atoms with Gasteiger partial charge < -0.3 is 15.4 Å². The number of nitrogens with one attached hydrogen (secondary N) is 2. The lowest BCUT2D eigenvalue weighted by Gasteiger charge is -2.17. The van der Waals surface area contributed by atoms with Gasteiger partial charge in [0.2, 0.25) is 5.91 Å². The molecule has 4 heteroatoms. The van der Waals surface area contributed by atoms with Gasteiger partial charge in [0.05, 0.1) is 19.1 Å². The molecule has 0 aromatic heterocycles. The van der Waals surface area contributed by atoms with Crippen LogP contribution in [0, 0.1) is 5.92 Å². The Hall–Kier alpha value is -1.91. The second-order valence-corrected chi connectivity index (χ2v) is 5.06. The lowest BCUT2D eigenvalue weighted by atomic mass is 10.0. The normalized spacial score (nSPS) is 22.1. The number of rotatable bonds is 3. The highest BCUT2D eigenvalue weighted by Crippen LogP contribution is 2.24. The summed E-state index contributed by atoms with van der Waals surface area (Å²) >= 11 is 0. The number of carbonyl (C=O) groups excluding carboxylic acids is 1. The van der Waals surface area contributed by atoms with E-state index >= 15 is 0 Å². The van der Waals surface area contributed by atoms with Crippen molar-refractivity contribution in [2.24, 2.45) is 5.92 Å². The van der Waals surface area contributed by atoms with E-state index in [2.05, 4.69) is 10.6 Å². The van der Waals surface area contributed by atoms with Crippen molar-refractivity contribution in [1.29, 1.82) is 0 Å². The maximum absolute atomic E-state index is 12.4. The Bertz CT molecular complexity index is 621. The van der Waals surface area contributed by atoms with Crippen LogP contribution in [0.4, 0.5) is 5.69 Å². The zero-order valence-electron chi connectivity index (χ0n) is 11.4. The van der Waals surface area contributed by atoms with Gasteiger partial charge in [-0.3, -0.25) is 4.79 Å². The first-order chi connectivity index (χ1) is 9.79. The number of fused-ring (bicyclic) bond motifs is 1. The second-order valence-electron chi connectivity index (χ2n) is 5.06. The first kappa shape index (κ1) is 13.1. The molecule has 104 valence electrons. The highest BCUT2D eigenvalue weighted by atomic mass is 16.5. The van der Waals surface area contributed by atoms with E-state index < -0.39 is 0 Å². The Kier molecular flexibility index (Phi) is 3.67. The molecule has 0 saturated carbocycles. The molecule has 20 heavy (non-hydrogen) atoms. The van der Waals surface area contributed by atoms with E-state index in [9.17, 15) is 4.79 Å². The molecule has 1 amide bonds. The van der Waals surface area contributed by atoms with Crippen LogP contribution in [0.25, 0.3) is 10.8 Å². The Balaban J connectivity index is 1.84. The van der Waals surface area contributed by atoms with Gasteiger partial charge in [-0.2, -0.15) is 0 Å². The number of hydrogen-bond donors (Lipinski definition) is 2. The predicted molar refractivity (Wildman–Crippen MR) is 79.7 cm³/mol. The quantitative estimate of drug-likeness (QED) is 0.897. The molecule has 2 aromatic carbocycles. The van der Waals surface area contributed by atoms with E-state index in [1.54, 1.807) is 0 Å². The lowest BCUT2D eigenvalue weighted by Crippen LogP contribution is -2.39. The Labute approximate surface area is 118 Å². The lowest BCUT2D eigenvalue weighted by molar-refractivity contribution is -0.120. The molecule has 4 nitrogen and oxygen atoms in total. The summed E-state index contributed by atoms with van der Waals surface area (Å²) in [6.45, 7) is 1.06. The fourth-order valence-electron chi connectivity index (χ4n) is 2.66. The third-order valence-corrected chi connectivity index (χ3v) is 3.84. The van der Waals surface area contributed by atoms with Crippen LogP contribution in [-0.4, -0.2) is 32.2 Å². The Morgan fingerprint density at radius 3 is 2.80 bits per heavy atom. The summed E-state index contributed by atoms with van der Waals surface area (Å²) in [7, 11) is 1.86. The molecule has 3 rings (SSSR count). The SMILES string of the molecule is CNC1COCC1C(=O)Nc1cccc2ccccc12. The molecule has 1 aliphatic rings. The number of benzene rings is 2. The summed E-state index contributed by atoms with van der Waals surface area (Å²) in [6.07, 6.45) is 0. The zero-order valence-corrected chi connectivity index (χ0v) is 11.4. The second kappa shape index (κ2) is 5.61. The van der Waals surface area contributed by atoms with Gasteiger partial charge in [0, 0.05) is 17.1 Å². The molecule has 1 heterocycles. The van der Waals surface area contributed by atoms with E-state index in [1.807, 2.05) is 49.5 Å². The summed E-state index contributed by atoms with van der Waals surface area (Å²) in [5, 5.41) is 8.35. The summed E-state index contributed by atoms with van der Waals surface area (Å²) in [4.78, 5) is 12.4. The van der Waals surface area contributed by atoms with E-state index in [-0.39, 0.29) is 17.9 Å². The molecular weight excluding hydrogens is 252 g/mol. The van der Waals surface area contributed by atoms with Gasteiger partial charge in [-0.25, -0.2) is 0 Å². The topological polar surface area (TPSA) is 50.4 Å². The third-order valence-electron chi connectivity index (χ3n) is 3.84. The van der Waals surface area contributed by atoms with Crippen molar-refractivity contribution in [3.05, 3.63) is 42.5 Å². The molecule has 0 radical (unpaired) electrons. The molecule has 2 N–H and O–H groups in total.